The summed E-state index contributed by atoms with van der Waals surface area (Å²) in [5, 5.41) is 0. The van der Waals surface area contributed by atoms with Gasteiger partial charge in [0, 0.05) is 12.4 Å². The molecule has 3 N–H and O–H groups in total. The summed E-state index contributed by atoms with van der Waals surface area (Å²) in [6, 6.07) is 4.72. The quantitative estimate of drug-likeness (QED) is 0.671. The summed E-state index contributed by atoms with van der Waals surface area (Å²) >= 11 is 3.16. The van der Waals surface area contributed by atoms with E-state index >= 15 is 0 Å². The summed E-state index contributed by atoms with van der Waals surface area (Å²) in [7, 11) is 0. The average molecular weight is 311 g/mol. The lowest BCUT2D eigenvalue weighted by molar-refractivity contribution is 0.535. The molecule has 0 radical (unpaired) electrons. The van der Waals surface area contributed by atoms with Crippen LogP contribution in [0.3, 0.4) is 0 Å². The van der Waals surface area contributed by atoms with Crippen molar-refractivity contribution in [2.24, 2.45) is 5.84 Å². The van der Waals surface area contributed by atoms with E-state index in [1.54, 1.807) is 30.7 Å². The van der Waals surface area contributed by atoms with Crippen LogP contribution in [0.2, 0.25) is 0 Å². The number of halogens is 2. The van der Waals surface area contributed by atoms with E-state index in [0.717, 1.165) is 11.3 Å². The number of hydrazine groups is 1. The molecule has 1 unspecified atom stereocenters. The lowest BCUT2D eigenvalue weighted by atomic mass is 10.0. The van der Waals surface area contributed by atoms with Crippen molar-refractivity contribution in [3.63, 3.8) is 0 Å². The number of rotatable bonds is 4. The first-order valence-corrected chi connectivity index (χ1v) is 6.16. The smallest absolute Gasteiger partial charge is 0.137 e. The molecule has 0 fully saturated rings. The van der Waals surface area contributed by atoms with Crippen LogP contribution >= 0.6 is 15.9 Å². The molecule has 18 heavy (non-hydrogen) atoms. The third-order valence-electron chi connectivity index (χ3n) is 2.57. The molecule has 0 aliphatic rings. The highest BCUT2D eigenvalue weighted by Crippen LogP contribution is 2.20. The Morgan fingerprint density at radius 1 is 1.39 bits per heavy atom. The first-order chi connectivity index (χ1) is 8.70. The number of nitrogens with zero attached hydrogens (tertiary/aromatic N) is 2. The molecule has 0 saturated heterocycles. The number of nitrogens with one attached hydrogen (secondary N) is 1. The minimum Gasteiger partial charge on any atom is -0.271 e. The Morgan fingerprint density at radius 3 is 2.83 bits per heavy atom. The maximum atomic E-state index is 13.1. The van der Waals surface area contributed by atoms with E-state index in [2.05, 4.69) is 31.3 Å². The van der Waals surface area contributed by atoms with Crippen LogP contribution in [0.1, 0.15) is 17.3 Å². The van der Waals surface area contributed by atoms with Gasteiger partial charge in [-0.1, -0.05) is 6.07 Å². The normalized spacial score (nSPS) is 12.4. The molecular weight excluding hydrogens is 299 g/mol. The van der Waals surface area contributed by atoms with Gasteiger partial charge in [-0.05, 0) is 40.0 Å². The first-order valence-electron chi connectivity index (χ1n) is 5.36. The molecule has 1 aromatic carbocycles. The third-order valence-corrected chi connectivity index (χ3v) is 3.17. The summed E-state index contributed by atoms with van der Waals surface area (Å²) in [5.74, 6) is 5.24. The van der Waals surface area contributed by atoms with Crippen LogP contribution < -0.4 is 11.3 Å². The largest absolute Gasteiger partial charge is 0.271 e. The zero-order chi connectivity index (χ0) is 13.0. The molecule has 2 rings (SSSR count). The van der Waals surface area contributed by atoms with Crippen molar-refractivity contribution >= 4 is 15.9 Å². The van der Waals surface area contributed by atoms with E-state index in [4.69, 9.17) is 5.84 Å². The van der Waals surface area contributed by atoms with Crippen LogP contribution in [0.4, 0.5) is 4.39 Å². The molecule has 1 aromatic heterocycles. The molecule has 2 aromatic rings. The van der Waals surface area contributed by atoms with E-state index in [1.807, 2.05) is 0 Å². The van der Waals surface area contributed by atoms with Gasteiger partial charge in [-0.2, -0.15) is 0 Å². The second-order valence-corrected chi connectivity index (χ2v) is 4.66. The van der Waals surface area contributed by atoms with Crippen LogP contribution in [0.5, 0.6) is 0 Å². The number of nitrogens with two attached hydrogens (primary N) is 1. The van der Waals surface area contributed by atoms with Gasteiger partial charge in [-0.3, -0.25) is 21.2 Å². The Kier molecular flexibility index (Phi) is 4.35. The van der Waals surface area contributed by atoms with E-state index < -0.39 is 0 Å². The van der Waals surface area contributed by atoms with Gasteiger partial charge in [0.05, 0.1) is 22.4 Å². The van der Waals surface area contributed by atoms with Crippen molar-refractivity contribution in [1.29, 1.82) is 0 Å². The van der Waals surface area contributed by atoms with Gasteiger partial charge < -0.3 is 0 Å². The second-order valence-electron chi connectivity index (χ2n) is 3.80. The summed E-state index contributed by atoms with van der Waals surface area (Å²) in [6.07, 6.45) is 5.48. The van der Waals surface area contributed by atoms with Crippen molar-refractivity contribution in [2.75, 3.05) is 0 Å². The van der Waals surface area contributed by atoms with Crippen LogP contribution in [0.25, 0.3) is 0 Å². The zero-order valence-corrected chi connectivity index (χ0v) is 11.1. The fraction of sp³-hybridized carbons (Fsp3) is 0.167. The highest BCUT2D eigenvalue weighted by Gasteiger charge is 2.12. The van der Waals surface area contributed by atoms with Crippen molar-refractivity contribution < 1.29 is 4.39 Å². The predicted octanol–water partition coefficient (Wildman–Crippen LogP) is 2.13. The highest BCUT2D eigenvalue weighted by molar-refractivity contribution is 9.10. The lowest BCUT2D eigenvalue weighted by Gasteiger charge is -2.15. The van der Waals surface area contributed by atoms with Crippen LogP contribution in [-0.2, 0) is 6.42 Å². The van der Waals surface area contributed by atoms with Crippen LogP contribution in [-0.4, -0.2) is 9.97 Å². The molecule has 1 heterocycles. The summed E-state index contributed by atoms with van der Waals surface area (Å²) in [5.41, 5.74) is 4.40. The predicted molar refractivity (Wildman–Crippen MR) is 69.9 cm³/mol. The van der Waals surface area contributed by atoms with Crippen molar-refractivity contribution in [2.45, 2.75) is 12.5 Å². The maximum Gasteiger partial charge on any atom is 0.137 e. The molecule has 0 spiro atoms. The molecule has 0 bridgehead atoms. The molecule has 0 saturated carbocycles. The Morgan fingerprint density at radius 2 is 2.22 bits per heavy atom. The van der Waals surface area contributed by atoms with Crippen molar-refractivity contribution in [1.82, 2.24) is 15.4 Å². The summed E-state index contributed by atoms with van der Waals surface area (Å²) in [4.78, 5) is 8.19. The number of aromatic nitrogens is 2. The van der Waals surface area contributed by atoms with Gasteiger partial charge in [0.15, 0.2) is 0 Å². The number of hydrogen-bond donors (Lipinski definition) is 2. The fourth-order valence-electron chi connectivity index (χ4n) is 1.64. The van der Waals surface area contributed by atoms with Crippen molar-refractivity contribution in [3.8, 4) is 0 Å². The van der Waals surface area contributed by atoms with E-state index in [-0.39, 0.29) is 11.9 Å². The van der Waals surface area contributed by atoms with E-state index in [1.165, 1.54) is 6.07 Å². The van der Waals surface area contributed by atoms with Gasteiger partial charge >= 0.3 is 0 Å². The average Bonchev–Trinajstić information content (AvgIpc) is 2.41. The van der Waals surface area contributed by atoms with Crippen LogP contribution in [0.15, 0.2) is 41.3 Å². The Hall–Kier alpha value is -1.37. The fourth-order valence-corrected chi connectivity index (χ4v) is 2.07. The molecule has 6 heteroatoms. The first kappa shape index (κ1) is 13.1. The molecule has 1 atom stereocenters. The monoisotopic (exact) mass is 310 g/mol. The van der Waals surface area contributed by atoms with Gasteiger partial charge in [-0.25, -0.2) is 4.39 Å². The minimum atomic E-state index is -0.282. The van der Waals surface area contributed by atoms with Gasteiger partial charge in [-0.15, -0.1) is 0 Å². The molecule has 0 amide bonds. The standard InChI is InChI=1S/C12H12BrFN4/c13-9-5-8(1-2-10(9)14)6-11(18-15)12-7-16-3-4-17-12/h1-5,7,11,18H,6,15H2. The SMILES string of the molecule is NNC(Cc1ccc(F)c(Br)c1)c1cnccn1. The second kappa shape index (κ2) is 5.99. The highest BCUT2D eigenvalue weighted by atomic mass is 79.9. The third kappa shape index (κ3) is 3.10. The zero-order valence-electron chi connectivity index (χ0n) is 9.48. The van der Waals surface area contributed by atoms with E-state index in [9.17, 15) is 4.39 Å². The van der Waals surface area contributed by atoms with Crippen LogP contribution in [0, 0.1) is 5.82 Å². The lowest BCUT2D eigenvalue weighted by Crippen LogP contribution is -2.30. The maximum absolute atomic E-state index is 13.1. The molecular formula is C12H12BrFN4. The van der Waals surface area contributed by atoms with E-state index in [0.29, 0.717) is 10.9 Å². The number of benzene rings is 1. The van der Waals surface area contributed by atoms with Gasteiger partial charge in [0.1, 0.15) is 5.82 Å². The number of hydrogen-bond acceptors (Lipinski definition) is 4. The molecule has 94 valence electrons. The summed E-state index contributed by atoms with van der Waals surface area (Å²) in [6.45, 7) is 0. The summed E-state index contributed by atoms with van der Waals surface area (Å²) < 4.78 is 13.6. The molecule has 0 aliphatic carbocycles. The minimum absolute atomic E-state index is 0.156. The molecule has 4 nitrogen and oxygen atoms in total. The Balaban J connectivity index is 2.18. The Labute approximate surface area is 113 Å². The van der Waals surface area contributed by atoms with Crippen molar-refractivity contribution in [3.05, 3.63) is 58.3 Å². The topological polar surface area (TPSA) is 63.8 Å². The van der Waals surface area contributed by atoms with Gasteiger partial charge in [0.2, 0.25) is 0 Å². The molecule has 0 aliphatic heterocycles. The van der Waals surface area contributed by atoms with Gasteiger partial charge in [0.25, 0.3) is 0 Å². The Bertz CT molecular complexity index is 521.